The second kappa shape index (κ2) is 7.04. The zero-order chi connectivity index (χ0) is 15.4. The normalized spacial score (nSPS) is 11.0. The van der Waals surface area contributed by atoms with Crippen LogP contribution in [0.1, 0.15) is 46.5 Å². The molecule has 112 valence electrons. The number of aromatic carboxylic acids is 1. The molecule has 2 aromatic rings. The van der Waals surface area contributed by atoms with Crippen molar-refractivity contribution in [3.63, 3.8) is 0 Å². The molecule has 0 atom stereocenters. The third-order valence-electron chi connectivity index (χ3n) is 2.97. The topological polar surface area (TPSA) is 63.1 Å². The van der Waals surface area contributed by atoms with Crippen LogP contribution >= 0.6 is 23.1 Å². The molecule has 0 amide bonds. The maximum Gasteiger partial charge on any atom is 0.340 e. The number of hydrogen-bond donors (Lipinski definition) is 1. The molecule has 2 rings (SSSR count). The van der Waals surface area contributed by atoms with Gasteiger partial charge < -0.3 is 5.11 Å². The summed E-state index contributed by atoms with van der Waals surface area (Å²) >= 11 is 3.21. The summed E-state index contributed by atoms with van der Waals surface area (Å²) in [6, 6.07) is 4.12. The Morgan fingerprint density at radius 3 is 2.76 bits per heavy atom. The quantitative estimate of drug-likeness (QED) is 0.643. The number of aryl methyl sites for hydroxylation is 2. The summed E-state index contributed by atoms with van der Waals surface area (Å²) < 4.78 is 0. The van der Waals surface area contributed by atoms with Gasteiger partial charge in [-0.25, -0.2) is 14.8 Å². The Balaban J connectivity index is 2.20. The molecular formula is C15H18N2O2S2. The molecule has 0 bridgehead atoms. The number of nitrogens with zero attached hydrogens (tertiary/aromatic N) is 2. The Hall–Kier alpha value is -1.40. The summed E-state index contributed by atoms with van der Waals surface area (Å²) in [4.78, 5) is 21.5. The minimum Gasteiger partial charge on any atom is -0.478 e. The SMILES string of the molecule is Cc1nc(C(C)C)nc(SCCc2cccs2)c1C(=O)O. The van der Waals surface area contributed by atoms with Crippen molar-refractivity contribution in [1.29, 1.82) is 0 Å². The van der Waals surface area contributed by atoms with Crippen LogP contribution in [0.25, 0.3) is 0 Å². The second-order valence-electron chi connectivity index (χ2n) is 4.99. The highest BCUT2D eigenvalue weighted by Crippen LogP contribution is 2.26. The van der Waals surface area contributed by atoms with Gasteiger partial charge in [-0.1, -0.05) is 19.9 Å². The number of carboxylic acid groups (broad SMARTS) is 1. The van der Waals surface area contributed by atoms with Gasteiger partial charge in [0.15, 0.2) is 0 Å². The fourth-order valence-electron chi connectivity index (χ4n) is 1.88. The monoisotopic (exact) mass is 322 g/mol. The molecule has 0 aliphatic heterocycles. The third-order valence-corrected chi connectivity index (χ3v) is 4.88. The van der Waals surface area contributed by atoms with E-state index in [2.05, 4.69) is 16.0 Å². The van der Waals surface area contributed by atoms with Gasteiger partial charge in [-0.2, -0.15) is 0 Å². The maximum absolute atomic E-state index is 11.4. The van der Waals surface area contributed by atoms with E-state index in [9.17, 15) is 9.90 Å². The van der Waals surface area contributed by atoms with Crippen LogP contribution in [0.4, 0.5) is 0 Å². The van der Waals surface area contributed by atoms with E-state index in [1.54, 1.807) is 18.3 Å². The lowest BCUT2D eigenvalue weighted by Crippen LogP contribution is -2.10. The van der Waals surface area contributed by atoms with Gasteiger partial charge >= 0.3 is 5.97 Å². The van der Waals surface area contributed by atoms with Gasteiger partial charge in [0.25, 0.3) is 0 Å². The molecule has 4 nitrogen and oxygen atoms in total. The average molecular weight is 322 g/mol. The number of carbonyl (C=O) groups is 1. The van der Waals surface area contributed by atoms with Crippen molar-refractivity contribution in [2.45, 2.75) is 38.1 Å². The van der Waals surface area contributed by atoms with E-state index in [4.69, 9.17) is 0 Å². The lowest BCUT2D eigenvalue weighted by molar-refractivity contribution is 0.0690. The summed E-state index contributed by atoms with van der Waals surface area (Å²) in [6.45, 7) is 5.75. The standard InChI is InChI=1S/C15H18N2O2S2/c1-9(2)13-16-10(3)12(15(18)19)14(17-13)21-8-6-11-5-4-7-20-11/h4-5,7,9H,6,8H2,1-3H3,(H,18,19). The predicted octanol–water partition coefficient (Wildman–Crippen LogP) is 4.00. The molecule has 0 aliphatic rings. The molecule has 0 fully saturated rings. The maximum atomic E-state index is 11.4. The molecule has 2 aromatic heterocycles. The van der Waals surface area contributed by atoms with Crippen LogP contribution in [-0.2, 0) is 6.42 Å². The number of thioether (sulfide) groups is 1. The third kappa shape index (κ3) is 4.04. The molecule has 0 saturated heterocycles. The van der Waals surface area contributed by atoms with Crippen molar-refractivity contribution in [2.24, 2.45) is 0 Å². The van der Waals surface area contributed by atoms with Gasteiger partial charge in [0.2, 0.25) is 0 Å². The molecule has 0 spiro atoms. The van der Waals surface area contributed by atoms with Crippen LogP contribution in [0, 0.1) is 6.92 Å². The second-order valence-corrected chi connectivity index (χ2v) is 7.10. The Kier molecular flexibility index (Phi) is 5.36. The largest absolute Gasteiger partial charge is 0.478 e. The average Bonchev–Trinajstić information content (AvgIpc) is 2.90. The van der Waals surface area contributed by atoms with E-state index in [1.165, 1.54) is 16.6 Å². The molecule has 1 N–H and O–H groups in total. The molecule has 0 radical (unpaired) electrons. The summed E-state index contributed by atoms with van der Waals surface area (Å²) in [6.07, 6.45) is 0.918. The van der Waals surface area contributed by atoms with E-state index >= 15 is 0 Å². The number of hydrogen-bond acceptors (Lipinski definition) is 5. The zero-order valence-corrected chi connectivity index (χ0v) is 13.9. The van der Waals surface area contributed by atoms with Gasteiger partial charge in [-0.3, -0.25) is 0 Å². The van der Waals surface area contributed by atoms with E-state index < -0.39 is 5.97 Å². The van der Waals surface area contributed by atoms with Crippen molar-refractivity contribution in [3.8, 4) is 0 Å². The first kappa shape index (κ1) is 16.0. The molecular weight excluding hydrogens is 304 g/mol. The highest BCUT2D eigenvalue weighted by Gasteiger charge is 2.19. The minimum absolute atomic E-state index is 0.184. The van der Waals surface area contributed by atoms with Crippen LogP contribution < -0.4 is 0 Å². The fraction of sp³-hybridized carbons (Fsp3) is 0.400. The summed E-state index contributed by atoms with van der Waals surface area (Å²) in [5.41, 5.74) is 0.774. The molecule has 0 aromatic carbocycles. The Bertz CT molecular complexity index is 625. The van der Waals surface area contributed by atoms with Gasteiger partial charge in [0.1, 0.15) is 16.4 Å². The molecule has 2 heterocycles. The summed E-state index contributed by atoms with van der Waals surface area (Å²) in [7, 11) is 0. The lowest BCUT2D eigenvalue weighted by atomic mass is 10.2. The van der Waals surface area contributed by atoms with Gasteiger partial charge in [-0.15, -0.1) is 23.1 Å². The summed E-state index contributed by atoms with van der Waals surface area (Å²) in [5, 5.41) is 12.0. The predicted molar refractivity (Wildman–Crippen MR) is 86.6 cm³/mol. The van der Waals surface area contributed by atoms with Crippen LogP contribution in [0.3, 0.4) is 0 Å². The van der Waals surface area contributed by atoms with Gasteiger partial charge in [-0.05, 0) is 24.8 Å². The first-order chi connectivity index (χ1) is 9.99. The minimum atomic E-state index is -0.957. The van der Waals surface area contributed by atoms with Gasteiger partial charge in [0, 0.05) is 16.5 Å². The van der Waals surface area contributed by atoms with Crippen LogP contribution in [0.2, 0.25) is 0 Å². The van der Waals surface area contributed by atoms with E-state index in [0.29, 0.717) is 16.5 Å². The number of rotatable bonds is 6. The van der Waals surface area contributed by atoms with E-state index in [1.807, 2.05) is 25.3 Å². The van der Waals surface area contributed by atoms with Crippen molar-refractivity contribution in [1.82, 2.24) is 9.97 Å². The lowest BCUT2D eigenvalue weighted by Gasteiger charge is -2.11. The zero-order valence-electron chi connectivity index (χ0n) is 12.3. The highest BCUT2D eigenvalue weighted by atomic mass is 32.2. The van der Waals surface area contributed by atoms with Crippen molar-refractivity contribution >= 4 is 29.1 Å². The molecule has 6 heteroatoms. The Labute approximate surface area is 132 Å². The number of aromatic nitrogens is 2. The summed E-state index contributed by atoms with van der Waals surface area (Å²) in [5.74, 6) is 0.746. The molecule has 21 heavy (non-hydrogen) atoms. The Morgan fingerprint density at radius 1 is 1.43 bits per heavy atom. The number of carboxylic acids is 1. The highest BCUT2D eigenvalue weighted by molar-refractivity contribution is 7.99. The van der Waals surface area contributed by atoms with Crippen molar-refractivity contribution in [3.05, 3.63) is 39.5 Å². The fourth-order valence-corrected chi connectivity index (χ4v) is 3.77. The van der Waals surface area contributed by atoms with Crippen molar-refractivity contribution in [2.75, 3.05) is 5.75 Å². The Morgan fingerprint density at radius 2 is 2.19 bits per heavy atom. The van der Waals surface area contributed by atoms with Crippen LogP contribution in [-0.4, -0.2) is 26.8 Å². The van der Waals surface area contributed by atoms with Crippen molar-refractivity contribution < 1.29 is 9.90 Å². The van der Waals surface area contributed by atoms with E-state index in [-0.39, 0.29) is 11.5 Å². The van der Waals surface area contributed by atoms with Crippen LogP contribution in [0.5, 0.6) is 0 Å². The van der Waals surface area contributed by atoms with Crippen LogP contribution in [0.15, 0.2) is 22.5 Å². The first-order valence-electron chi connectivity index (χ1n) is 6.76. The molecule has 0 saturated carbocycles. The van der Waals surface area contributed by atoms with Gasteiger partial charge in [0.05, 0.1) is 5.69 Å². The smallest absolute Gasteiger partial charge is 0.340 e. The number of thiophene rings is 1. The molecule has 0 unspecified atom stereocenters. The molecule has 0 aliphatic carbocycles. The first-order valence-corrected chi connectivity index (χ1v) is 8.62. The van der Waals surface area contributed by atoms with E-state index in [0.717, 1.165) is 12.2 Å².